The van der Waals surface area contributed by atoms with E-state index in [1.54, 1.807) is 0 Å². The summed E-state index contributed by atoms with van der Waals surface area (Å²) in [6.45, 7) is 5.31. The number of hydrogen-bond donors (Lipinski definition) is 0. The average Bonchev–Trinajstić information content (AvgIpc) is 2.69. The van der Waals surface area contributed by atoms with Crippen LogP contribution in [0.4, 0.5) is 0 Å². The van der Waals surface area contributed by atoms with Crippen LogP contribution in [0.3, 0.4) is 0 Å². The van der Waals surface area contributed by atoms with Crippen LogP contribution in [0.25, 0.3) is 11.3 Å². The molecule has 2 nitrogen and oxygen atoms in total. The van der Waals surface area contributed by atoms with E-state index >= 15 is 0 Å². The van der Waals surface area contributed by atoms with Gasteiger partial charge in [-0.2, -0.15) is 0 Å². The van der Waals surface area contributed by atoms with Gasteiger partial charge in [-0.1, -0.05) is 64.9 Å². The van der Waals surface area contributed by atoms with Gasteiger partial charge < -0.3 is 4.74 Å². The largest absolute Gasteiger partial charge is 0.494 e. The summed E-state index contributed by atoms with van der Waals surface area (Å²) in [6.07, 6.45) is 14.7. The van der Waals surface area contributed by atoms with Crippen molar-refractivity contribution in [2.75, 3.05) is 6.61 Å². The fourth-order valence-electron chi connectivity index (χ4n) is 3.12. The molecule has 1 heterocycles. The SMILES string of the molecule is CCCCCCCCOc1ccc(-c2ccc(CCCCC)cn2)cc1. The molecule has 0 unspecified atom stereocenters. The van der Waals surface area contributed by atoms with E-state index in [0.717, 1.165) is 36.5 Å². The van der Waals surface area contributed by atoms with Gasteiger partial charge in [0.2, 0.25) is 0 Å². The van der Waals surface area contributed by atoms with Crippen LogP contribution < -0.4 is 4.74 Å². The summed E-state index contributed by atoms with van der Waals surface area (Å²) in [6, 6.07) is 12.7. The van der Waals surface area contributed by atoms with Gasteiger partial charge in [0.15, 0.2) is 0 Å². The first-order valence-electron chi connectivity index (χ1n) is 10.5. The molecule has 0 saturated heterocycles. The van der Waals surface area contributed by atoms with Crippen LogP contribution in [0, 0.1) is 0 Å². The lowest BCUT2D eigenvalue weighted by atomic mass is 10.1. The zero-order valence-corrected chi connectivity index (χ0v) is 16.7. The molecule has 142 valence electrons. The topological polar surface area (TPSA) is 22.1 Å². The molecule has 0 saturated carbocycles. The number of aryl methyl sites for hydroxylation is 1. The Morgan fingerprint density at radius 2 is 1.42 bits per heavy atom. The van der Waals surface area contributed by atoms with Gasteiger partial charge in [-0.15, -0.1) is 0 Å². The molecule has 1 aromatic carbocycles. The third-order valence-corrected chi connectivity index (χ3v) is 4.81. The molecule has 0 spiro atoms. The maximum Gasteiger partial charge on any atom is 0.119 e. The van der Waals surface area contributed by atoms with Crippen LogP contribution in [0.1, 0.15) is 77.2 Å². The Labute approximate surface area is 160 Å². The van der Waals surface area contributed by atoms with E-state index < -0.39 is 0 Å². The van der Waals surface area contributed by atoms with E-state index in [0.29, 0.717) is 0 Å². The highest BCUT2D eigenvalue weighted by atomic mass is 16.5. The van der Waals surface area contributed by atoms with Crippen LogP contribution in [0.5, 0.6) is 5.75 Å². The Balaban J connectivity index is 1.74. The molecule has 2 heteroatoms. The summed E-state index contributed by atoms with van der Waals surface area (Å²) in [5, 5.41) is 0. The summed E-state index contributed by atoms with van der Waals surface area (Å²) in [4.78, 5) is 4.63. The van der Waals surface area contributed by atoms with Crippen molar-refractivity contribution in [3.8, 4) is 17.0 Å². The zero-order valence-electron chi connectivity index (χ0n) is 16.7. The number of nitrogens with zero attached hydrogens (tertiary/aromatic N) is 1. The number of hydrogen-bond acceptors (Lipinski definition) is 2. The van der Waals surface area contributed by atoms with Crippen molar-refractivity contribution in [1.29, 1.82) is 0 Å². The van der Waals surface area contributed by atoms with Crippen molar-refractivity contribution in [2.24, 2.45) is 0 Å². The van der Waals surface area contributed by atoms with Crippen LogP contribution in [-0.4, -0.2) is 11.6 Å². The molecule has 0 radical (unpaired) electrons. The van der Waals surface area contributed by atoms with Crippen molar-refractivity contribution >= 4 is 0 Å². The lowest BCUT2D eigenvalue weighted by Crippen LogP contribution is -1.97. The van der Waals surface area contributed by atoms with E-state index in [-0.39, 0.29) is 0 Å². The summed E-state index contributed by atoms with van der Waals surface area (Å²) < 4.78 is 5.86. The van der Waals surface area contributed by atoms with E-state index in [2.05, 4.69) is 55.2 Å². The smallest absolute Gasteiger partial charge is 0.119 e. The minimum Gasteiger partial charge on any atom is -0.494 e. The molecule has 2 rings (SSSR count). The highest BCUT2D eigenvalue weighted by Gasteiger charge is 2.01. The van der Waals surface area contributed by atoms with Gasteiger partial charge in [0.05, 0.1) is 12.3 Å². The standard InChI is InChI=1S/C24H35NO/c1-3-5-7-8-9-11-19-26-23-16-14-22(15-17-23)24-18-13-21(20-25-24)12-10-6-4-2/h13-18,20H,3-12,19H2,1-2H3. The predicted octanol–water partition coefficient (Wildman–Crippen LogP) is 7.22. The number of rotatable bonds is 13. The second-order valence-corrected chi connectivity index (χ2v) is 7.15. The number of benzene rings is 1. The van der Waals surface area contributed by atoms with Crippen LogP contribution in [-0.2, 0) is 6.42 Å². The third kappa shape index (κ3) is 7.59. The van der Waals surface area contributed by atoms with Gasteiger partial charge in [-0.05, 0) is 55.2 Å². The van der Waals surface area contributed by atoms with E-state index in [4.69, 9.17) is 4.74 Å². The van der Waals surface area contributed by atoms with Gasteiger partial charge in [0.1, 0.15) is 5.75 Å². The van der Waals surface area contributed by atoms with Crippen molar-refractivity contribution in [2.45, 2.75) is 78.1 Å². The number of unbranched alkanes of at least 4 members (excludes halogenated alkanes) is 7. The fourth-order valence-corrected chi connectivity index (χ4v) is 3.12. The Morgan fingerprint density at radius 1 is 0.731 bits per heavy atom. The average molecular weight is 354 g/mol. The lowest BCUT2D eigenvalue weighted by Gasteiger charge is -2.08. The van der Waals surface area contributed by atoms with Gasteiger partial charge in [0, 0.05) is 11.8 Å². The number of ether oxygens (including phenoxy) is 1. The fraction of sp³-hybridized carbons (Fsp3) is 0.542. The Kier molecular flexibility index (Phi) is 9.86. The Hall–Kier alpha value is -1.83. The minimum atomic E-state index is 0.816. The number of aromatic nitrogens is 1. The van der Waals surface area contributed by atoms with Gasteiger partial charge in [0.25, 0.3) is 0 Å². The monoisotopic (exact) mass is 353 g/mol. The molecule has 0 aliphatic carbocycles. The van der Waals surface area contributed by atoms with E-state index in [9.17, 15) is 0 Å². The van der Waals surface area contributed by atoms with Crippen molar-refractivity contribution in [3.63, 3.8) is 0 Å². The second-order valence-electron chi connectivity index (χ2n) is 7.15. The van der Waals surface area contributed by atoms with Crippen LogP contribution >= 0.6 is 0 Å². The van der Waals surface area contributed by atoms with Crippen LogP contribution in [0.2, 0.25) is 0 Å². The molecule has 1 aromatic heterocycles. The van der Waals surface area contributed by atoms with Crippen molar-refractivity contribution in [1.82, 2.24) is 4.98 Å². The van der Waals surface area contributed by atoms with Gasteiger partial charge in [-0.25, -0.2) is 0 Å². The summed E-state index contributed by atoms with van der Waals surface area (Å²) >= 11 is 0. The Bertz CT molecular complexity index is 589. The summed E-state index contributed by atoms with van der Waals surface area (Å²) in [7, 11) is 0. The molecule has 0 atom stereocenters. The van der Waals surface area contributed by atoms with Crippen LogP contribution in [0.15, 0.2) is 42.6 Å². The Morgan fingerprint density at radius 3 is 2.12 bits per heavy atom. The number of pyridine rings is 1. The molecule has 0 aliphatic heterocycles. The van der Waals surface area contributed by atoms with Crippen molar-refractivity contribution in [3.05, 3.63) is 48.2 Å². The predicted molar refractivity (Wildman–Crippen MR) is 112 cm³/mol. The van der Waals surface area contributed by atoms with Gasteiger partial charge >= 0.3 is 0 Å². The molecular formula is C24H35NO. The van der Waals surface area contributed by atoms with E-state index in [1.807, 2.05) is 6.20 Å². The highest BCUT2D eigenvalue weighted by molar-refractivity contribution is 5.60. The molecular weight excluding hydrogens is 318 g/mol. The molecule has 2 aromatic rings. The highest BCUT2D eigenvalue weighted by Crippen LogP contribution is 2.21. The lowest BCUT2D eigenvalue weighted by molar-refractivity contribution is 0.304. The maximum absolute atomic E-state index is 5.86. The quantitative estimate of drug-likeness (QED) is 0.355. The molecule has 0 amide bonds. The summed E-state index contributed by atoms with van der Waals surface area (Å²) in [5.74, 6) is 0.957. The zero-order chi connectivity index (χ0) is 18.5. The maximum atomic E-state index is 5.86. The first-order valence-corrected chi connectivity index (χ1v) is 10.5. The normalized spacial score (nSPS) is 10.8. The molecule has 0 bridgehead atoms. The molecule has 0 aliphatic rings. The first kappa shape index (κ1) is 20.5. The first-order chi connectivity index (χ1) is 12.8. The van der Waals surface area contributed by atoms with E-state index in [1.165, 1.54) is 56.9 Å². The molecule has 0 N–H and O–H groups in total. The van der Waals surface area contributed by atoms with Gasteiger partial charge in [-0.3, -0.25) is 4.98 Å². The molecule has 26 heavy (non-hydrogen) atoms. The minimum absolute atomic E-state index is 0.816. The summed E-state index contributed by atoms with van der Waals surface area (Å²) in [5.41, 5.74) is 3.52. The van der Waals surface area contributed by atoms with Crippen molar-refractivity contribution < 1.29 is 4.74 Å². The molecule has 0 fully saturated rings. The third-order valence-electron chi connectivity index (χ3n) is 4.81. The second kappa shape index (κ2) is 12.5.